The number of methoxy groups -OCH3 is 1. The number of benzene rings is 2. The molecule has 0 saturated carbocycles. The second kappa shape index (κ2) is 9.31. The lowest BCUT2D eigenvalue weighted by atomic mass is 10.1. The number of rotatable bonds is 7. The van der Waals surface area contributed by atoms with Gasteiger partial charge in [-0.25, -0.2) is 0 Å². The van der Waals surface area contributed by atoms with E-state index in [-0.39, 0.29) is 11.9 Å². The van der Waals surface area contributed by atoms with Crippen molar-refractivity contribution in [2.24, 2.45) is 0 Å². The van der Waals surface area contributed by atoms with Gasteiger partial charge in [-0.1, -0.05) is 0 Å². The average Bonchev–Trinajstić information content (AvgIpc) is 3.11. The number of hydrogen-bond donors (Lipinski definition) is 2. The van der Waals surface area contributed by atoms with Gasteiger partial charge in [0.25, 0.3) is 0 Å². The molecule has 0 fully saturated rings. The van der Waals surface area contributed by atoms with Gasteiger partial charge in [-0.05, 0) is 78.9 Å². The highest BCUT2D eigenvalue weighted by atomic mass is 16.5. The van der Waals surface area contributed by atoms with Crippen LogP contribution in [0.2, 0.25) is 0 Å². The summed E-state index contributed by atoms with van der Waals surface area (Å²) in [5.41, 5.74) is 4.74. The molecule has 1 amide bonds. The van der Waals surface area contributed by atoms with Gasteiger partial charge in [-0.2, -0.15) is 0 Å². The van der Waals surface area contributed by atoms with Crippen LogP contribution in [0.5, 0.6) is 11.5 Å². The number of aromatic nitrogens is 1. The molecule has 0 aliphatic heterocycles. The van der Waals surface area contributed by atoms with Crippen LogP contribution in [0, 0.1) is 13.8 Å². The SMILES string of the molecule is COc1ccc2[nH]cc(CCNC(=O)/C=C/c3cc(C)c(OC(C)=O)c(C)c3)c2c1. The largest absolute Gasteiger partial charge is 0.497 e. The van der Waals surface area contributed by atoms with Crippen molar-refractivity contribution in [1.29, 1.82) is 0 Å². The van der Waals surface area contributed by atoms with Crippen LogP contribution >= 0.6 is 0 Å². The van der Waals surface area contributed by atoms with Gasteiger partial charge in [0.15, 0.2) is 0 Å². The Hall–Kier alpha value is -3.54. The third-order valence-corrected chi connectivity index (χ3v) is 4.82. The third kappa shape index (κ3) is 5.08. The highest BCUT2D eigenvalue weighted by molar-refractivity contribution is 5.92. The van der Waals surface area contributed by atoms with Crippen LogP contribution in [-0.4, -0.2) is 30.5 Å². The molecule has 0 unspecified atom stereocenters. The minimum absolute atomic E-state index is 0.160. The van der Waals surface area contributed by atoms with E-state index in [1.807, 2.05) is 50.4 Å². The zero-order valence-electron chi connectivity index (χ0n) is 17.7. The van der Waals surface area contributed by atoms with Gasteiger partial charge in [0.05, 0.1) is 7.11 Å². The number of hydrogen-bond acceptors (Lipinski definition) is 4. The highest BCUT2D eigenvalue weighted by Gasteiger charge is 2.08. The zero-order valence-corrected chi connectivity index (χ0v) is 17.7. The van der Waals surface area contributed by atoms with E-state index in [1.165, 1.54) is 13.0 Å². The van der Waals surface area contributed by atoms with Gasteiger partial charge in [-0.3, -0.25) is 9.59 Å². The van der Waals surface area contributed by atoms with Crippen molar-refractivity contribution in [3.05, 3.63) is 64.9 Å². The van der Waals surface area contributed by atoms with Crippen molar-refractivity contribution in [2.75, 3.05) is 13.7 Å². The molecule has 2 N–H and O–H groups in total. The van der Waals surface area contributed by atoms with E-state index in [0.29, 0.717) is 18.7 Å². The van der Waals surface area contributed by atoms with E-state index in [9.17, 15) is 9.59 Å². The number of esters is 1. The smallest absolute Gasteiger partial charge is 0.308 e. The molecule has 2 aromatic carbocycles. The molecule has 1 aromatic heterocycles. The molecular weight excluding hydrogens is 380 g/mol. The standard InChI is InChI=1S/C24H26N2O4/c1-15-11-18(12-16(2)24(15)30-17(3)27)5-8-23(28)25-10-9-19-14-26-22-7-6-20(29-4)13-21(19)22/h5-8,11-14,26H,9-10H2,1-4H3,(H,25,28)/b8-5+. The van der Waals surface area contributed by atoms with E-state index in [4.69, 9.17) is 9.47 Å². The van der Waals surface area contributed by atoms with E-state index in [1.54, 1.807) is 13.2 Å². The number of nitrogens with one attached hydrogen (secondary N) is 2. The first kappa shape index (κ1) is 21.2. The molecule has 156 valence electrons. The fourth-order valence-corrected chi connectivity index (χ4v) is 3.43. The molecule has 0 aliphatic rings. The molecular formula is C24H26N2O4. The minimum atomic E-state index is -0.350. The lowest BCUT2D eigenvalue weighted by Gasteiger charge is -2.10. The Morgan fingerprint density at radius 1 is 1.13 bits per heavy atom. The molecule has 3 rings (SSSR count). The topological polar surface area (TPSA) is 80.4 Å². The molecule has 0 aliphatic carbocycles. The fourth-order valence-electron chi connectivity index (χ4n) is 3.43. The predicted molar refractivity (Wildman–Crippen MR) is 118 cm³/mol. The number of carbonyl (C=O) groups excluding carboxylic acids is 2. The Labute approximate surface area is 175 Å². The first-order chi connectivity index (χ1) is 14.4. The van der Waals surface area contributed by atoms with E-state index in [0.717, 1.165) is 38.9 Å². The van der Waals surface area contributed by atoms with Crippen molar-refractivity contribution in [3.63, 3.8) is 0 Å². The Bertz CT molecular complexity index is 1090. The van der Waals surface area contributed by atoms with Gasteiger partial charge < -0.3 is 19.8 Å². The number of ether oxygens (including phenoxy) is 2. The number of carbonyl (C=O) groups is 2. The van der Waals surface area contributed by atoms with Gasteiger partial charge in [0.1, 0.15) is 11.5 Å². The second-order valence-electron chi connectivity index (χ2n) is 7.18. The lowest BCUT2D eigenvalue weighted by Crippen LogP contribution is -2.23. The number of aromatic amines is 1. The normalized spacial score (nSPS) is 11.1. The summed E-state index contributed by atoms with van der Waals surface area (Å²) in [6.07, 6.45) is 5.94. The summed E-state index contributed by atoms with van der Waals surface area (Å²) in [7, 11) is 1.65. The van der Waals surface area contributed by atoms with Crippen molar-refractivity contribution < 1.29 is 19.1 Å². The summed E-state index contributed by atoms with van der Waals surface area (Å²) in [6, 6.07) is 9.66. The van der Waals surface area contributed by atoms with E-state index < -0.39 is 0 Å². The molecule has 0 saturated heterocycles. The van der Waals surface area contributed by atoms with Crippen molar-refractivity contribution in [3.8, 4) is 11.5 Å². The zero-order chi connectivity index (χ0) is 21.7. The first-order valence-electron chi connectivity index (χ1n) is 9.77. The molecule has 0 radical (unpaired) electrons. The Morgan fingerprint density at radius 2 is 1.87 bits per heavy atom. The Kier molecular flexibility index (Phi) is 6.57. The van der Waals surface area contributed by atoms with Crippen molar-refractivity contribution in [1.82, 2.24) is 10.3 Å². The van der Waals surface area contributed by atoms with Gasteiger partial charge in [0.2, 0.25) is 5.91 Å². The van der Waals surface area contributed by atoms with Crippen LogP contribution in [0.1, 0.15) is 29.2 Å². The van der Waals surface area contributed by atoms with Crippen LogP contribution in [0.4, 0.5) is 0 Å². The highest BCUT2D eigenvalue weighted by Crippen LogP contribution is 2.26. The molecule has 0 atom stereocenters. The van der Waals surface area contributed by atoms with E-state index >= 15 is 0 Å². The van der Waals surface area contributed by atoms with Gasteiger partial charge in [0, 0.05) is 36.6 Å². The monoisotopic (exact) mass is 406 g/mol. The maximum Gasteiger partial charge on any atom is 0.308 e. The van der Waals surface area contributed by atoms with Crippen LogP contribution in [0.3, 0.4) is 0 Å². The summed E-state index contributed by atoms with van der Waals surface area (Å²) in [5, 5.41) is 4.01. The Morgan fingerprint density at radius 3 is 2.53 bits per heavy atom. The number of fused-ring (bicyclic) bond motifs is 1. The quantitative estimate of drug-likeness (QED) is 0.352. The first-order valence-corrected chi connectivity index (χ1v) is 9.77. The maximum atomic E-state index is 12.2. The van der Waals surface area contributed by atoms with Crippen molar-refractivity contribution >= 4 is 28.9 Å². The van der Waals surface area contributed by atoms with Gasteiger partial charge >= 0.3 is 5.97 Å². The number of aryl methyl sites for hydroxylation is 2. The Balaban J connectivity index is 1.58. The molecule has 0 spiro atoms. The second-order valence-corrected chi connectivity index (χ2v) is 7.18. The summed E-state index contributed by atoms with van der Waals surface area (Å²) >= 11 is 0. The van der Waals surface area contributed by atoms with Crippen LogP contribution in [0.25, 0.3) is 17.0 Å². The summed E-state index contributed by atoms with van der Waals surface area (Å²) in [4.78, 5) is 26.6. The van der Waals surface area contributed by atoms with Crippen molar-refractivity contribution in [2.45, 2.75) is 27.2 Å². The molecule has 30 heavy (non-hydrogen) atoms. The molecule has 1 heterocycles. The molecule has 3 aromatic rings. The third-order valence-electron chi connectivity index (χ3n) is 4.82. The summed E-state index contributed by atoms with van der Waals surface area (Å²) in [6.45, 7) is 5.65. The maximum absolute atomic E-state index is 12.2. The predicted octanol–water partition coefficient (Wildman–Crippen LogP) is 4.09. The molecule has 6 nitrogen and oxygen atoms in total. The number of H-pyrrole nitrogens is 1. The fraction of sp³-hybridized carbons (Fsp3) is 0.250. The van der Waals surface area contributed by atoms with E-state index in [2.05, 4.69) is 10.3 Å². The number of amides is 1. The van der Waals surface area contributed by atoms with Crippen LogP contribution < -0.4 is 14.8 Å². The van der Waals surface area contributed by atoms with Gasteiger partial charge in [-0.15, -0.1) is 0 Å². The minimum Gasteiger partial charge on any atom is -0.497 e. The molecule has 0 bridgehead atoms. The average molecular weight is 406 g/mol. The summed E-state index contributed by atoms with van der Waals surface area (Å²) < 4.78 is 10.5. The molecule has 6 heteroatoms. The summed E-state index contributed by atoms with van der Waals surface area (Å²) in [5.74, 6) is 0.865. The lowest BCUT2D eigenvalue weighted by molar-refractivity contribution is -0.132. The van der Waals surface area contributed by atoms with Crippen LogP contribution in [0.15, 0.2) is 42.6 Å². The van der Waals surface area contributed by atoms with Crippen LogP contribution in [-0.2, 0) is 16.0 Å².